The maximum absolute atomic E-state index is 12.6. The predicted molar refractivity (Wildman–Crippen MR) is 244 cm³/mol. The second kappa shape index (κ2) is 27.7. The van der Waals surface area contributed by atoms with Gasteiger partial charge in [0.25, 0.3) is 11.8 Å². The molecule has 59 heavy (non-hydrogen) atoms. The van der Waals surface area contributed by atoms with Gasteiger partial charge in [-0.05, 0) is 130 Å². The first-order valence-electron chi connectivity index (χ1n) is 20.5. The summed E-state index contributed by atoms with van der Waals surface area (Å²) in [6, 6.07) is 27.8. The summed E-state index contributed by atoms with van der Waals surface area (Å²) in [5.41, 5.74) is 15.5. The van der Waals surface area contributed by atoms with Crippen molar-refractivity contribution in [2.75, 3.05) is 47.1 Å². The Morgan fingerprint density at radius 3 is 1.31 bits per heavy atom. The lowest BCUT2D eigenvalue weighted by Crippen LogP contribution is -2.27. The number of halogens is 1. The van der Waals surface area contributed by atoms with E-state index < -0.39 is 0 Å². The van der Waals surface area contributed by atoms with Crippen LogP contribution in [0.25, 0.3) is 0 Å². The molecule has 0 saturated heterocycles. The Morgan fingerprint density at radius 2 is 0.915 bits per heavy atom. The molecule has 4 aromatic carbocycles. The van der Waals surface area contributed by atoms with Crippen molar-refractivity contribution in [2.24, 2.45) is 0 Å². The van der Waals surface area contributed by atoms with Crippen molar-refractivity contribution in [3.63, 3.8) is 0 Å². The zero-order chi connectivity index (χ0) is 43.7. The van der Waals surface area contributed by atoms with Crippen LogP contribution in [0.1, 0.15) is 118 Å². The van der Waals surface area contributed by atoms with Crippen molar-refractivity contribution in [1.29, 1.82) is 0 Å². The number of para-hydroxylation sites is 1. The quantitative estimate of drug-likeness (QED) is 0.0601. The average Bonchev–Trinajstić information content (AvgIpc) is 3.23. The molecule has 4 aromatic rings. The van der Waals surface area contributed by atoms with Crippen molar-refractivity contribution in [3.05, 3.63) is 134 Å². The summed E-state index contributed by atoms with van der Waals surface area (Å²) >= 11 is 3.36. The minimum absolute atomic E-state index is 0.0389. The SMILES string of the molecule is COC(=O)CCCCCCN(C)C(=O)c1ccc(Br)cc1.COC(=O)CCCCCCN(C)C(=O)c1ccc(Cc2c(C)cccc2C)cc1.Cc1cccc(C)c1N. The number of aryl methyl sites for hydroxylation is 4. The first-order chi connectivity index (χ1) is 28.2. The standard InChI is InChI=1S/C25H33NO3.C16H22BrNO3.C8H11N/c1-19-10-9-11-20(2)23(19)18-21-13-15-22(16-14-21)25(28)26(3)17-8-6-5-7-12-24(27)29-4;1-18(12-6-4-3-5-7-15(19)21-2)16(20)13-8-10-14(17)11-9-13;1-6-4-3-5-7(2)8(6)9/h9-11,13-16H,5-8,12,17-18H2,1-4H3;8-11H,3-7,12H2,1-2H3;3-5H,9H2,1-2H3. The lowest BCUT2D eigenvalue weighted by atomic mass is 9.96. The molecular weight excluding hydrogens is 806 g/mol. The van der Waals surface area contributed by atoms with Crippen LogP contribution in [0.15, 0.2) is 89.4 Å². The molecule has 0 atom stereocenters. The lowest BCUT2D eigenvalue weighted by molar-refractivity contribution is -0.141. The Kier molecular flexibility index (Phi) is 23.5. The first kappa shape index (κ1) is 50.2. The van der Waals surface area contributed by atoms with Gasteiger partial charge in [0.15, 0.2) is 0 Å². The topological polar surface area (TPSA) is 119 Å². The maximum atomic E-state index is 12.6. The van der Waals surface area contributed by atoms with Crippen molar-refractivity contribution in [1.82, 2.24) is 9.80 Å². The van der Waals surface area contributed by atoms with Gasteiger partial charge in [-0.25, -0.2) is 0 Å². The summed E-state index contributed by atoms with van der Waals surface area (Å²) in [7, 11) is 6.49. The fraction of sp³-hybridized carbons (Fsp3) is 0.429. The normalized spacial score (nSPS) is 10.3. The van der Waals surface area contributed by atoms with Crippen molar-refractivity contribution in [3.8, 4) is 0 Å². The number of nitrogens with two attached hydrogens (primary N) is 1. The number of benzene rings is 4. The van der Waals surface area contributed by atoms with Crippen LogP contribution in [0, 0.1) is 27.7 Å². The summed E-state index contributed by atoms with van der Waals surface area (Å²) in [6.45, 7) is 9.77. The molecule has 0 aliphatic carbocycles. The molecule has 320 valence electrons. The fourth-order valence-corrected chi connectivity index (χ4v) is 6.57. The molecule has 0 saturated carbocycles. The van der Waals surface area contributed by atoms with Crippen LogP contribution in [0.5, 0.6) is 0 Å². The van der Waals surface area contributed by atoms with E-state index in [1.54, 1.807) is 9.80 Å². The van der Waals surface area contributed by atoms with Gasteiger partial charge >= 0.3 is 11.9 Å². The highest BCUT2D eigenvalue weighted by Gasteiger charge is 2.13. The maximum Gasteiger partial charge on any atom is 0.305 e. The summed E-state index contributed by atoms with van der Waals surface area (Å²) in [5.74, 6) is -0.217. The van der Waals surface area contributed by atoms with Crippen LogP contribution in [0.3, 0.4) is 0 Å². The van der Waals surface area contributed by atoms with Gasteiger partial charge < -0.3 is 25.0 Å². The number of hydrogen-bond donors (Lipinski definition) is 1. The van der Waals surface area contributed by atoms with E-state index in [0.29, 0.717) is 18.4 Å². The van der Waals surface area contributed by atoms with Crippen LogP contribution in [0.4, 0.5) is 5.69 Å². The van der Waals surface area contributed by atoms with Gasteiger partial charge in [0.2, 0.25) is 0 Å². The van der Waals surface area contributed by atoms with E-state index in [-0.39, 0.29) is 23.8 Å². The number of carbonyl (C=O) groups excluding carboxylic acids is 4. The lowest BCUT2D eigenvalue weighted by Gasteiger charge is -2.17. The van der Waals surface area contributed by atoms with Gasteiger partial charge in [-0.2, -0.15) is 0 Å². The molecular formula is C49H66BrN3O6. The van der Waals surface area contributed by atoms with E-state index >= 15 is 0 Å². The number of rotatable bonds is 18. The largest absolute Gasteiger partial charge is 0.469 e. The van der Waals surface area contributed by atoms with E-state index in [9.17, 15) is 19.2 Å². The summed E-state index contributed by atoms with van der Waals surface area (Å²) in [6.07, 6.45) is 9.37. The summed E-state index contributed by atoms with van der Waals surface area (Å²) < 4.78 is 10.2. The predicted octanol–water partition coefficient (Wildman–Crippen LogP) is 10.6. The van der Waals surface area contributed by atoms with Crippen LogP contribution in [-0.2, 0) is 25.5 Å². The average molecular weight is 873 g/mol. The third-order valence-electron chi connectivity index (χ3n) is 10.3. The van der Waals surface area contributed by atoms with Gasteiger partial charge in [0.05, 0.1) is 14.2 Å². The zero-order valence-electron chi connectivity index (χ0n) is 36.6. The number of ether oxygens (including phenoxy) is 2. The second-order valence-corrected chi connectivity index (χ2v) is 15.9. The van der Waals surface area contributed by atoms with E-state index in [4.69, 9.17) is 5.73 Å². The molecule has 2 amide bonds. The molecule has 0 heterocycles. The first-order valence-corrected chi connectivity index (χ1v) is 21.3. The molecule has 0 radical (unpaired) electrons. The van der Waals surface area contributed by atoms with E-state index in [2.05, 4.69) is 69.6 Å². The smallest absolute Gasteiger partial charge is 0.305 e. The molecule has 9 nitrogen and oxygen atoms in total. The van der Waals surface area contributed by atoms with E-state index in [1.807, 2.05) is 82.5 Å². The molecule has 0 aliphatic heterocycles. The Hall–Kier alpha value is -4.96. The summed E-state index contributed by atoms with van der Waals surface area (Å²) in [4.78, 5) is 50.3. The van der Waals surface area contributed by atoms with Gasteiger partial charge in [-0.3, -0.25) is 19.2 Å². The number of esters is 2. The molecule has 0 fully saturated rings. The molecule has 0 bridgehead atoms. The zero-order valence-corrected chi connectivity index (χ0v) is 38.2. The third kappa shape index (κ3) is 19.1. The number of hydrogen-bond acceptors (Lipinski definition) is 7. The molecule has 0 aliphatic rings. The Labute approximate surface area is 361 Å². The Balaban J connectivity index is 0.000000347. The van der Waals surface area contributed by atoms with Gasteiger partial charge in [0.1, 0.15) is 0 Å². The van der Waals surface area contributed by atoms with E-state index in [0.717, 1.165) is 97.7 Å². The number of methoxy groups -OCH3 is 2. The third-order valence-corrected chi connectivity index (χ3v) is 10.8. The molecule has 2 N–H and O–H groups in total. The van der Waals surface area contributed by atoms with Crippen molar-refractivity contribution < 1.29 is 28.7 Å². The van der Waals surface area contributed by atoms with Crippen LogP contribution in [0.2, 0.25) is 0 Å². The molecule has 4 rings (SSSR count). The van der Waals surface area contributed by atoms with Crippen molar-refractivity contribution in [2.45, 2.75) is 98.3 Å². The van der Waals surface area contributed by atoms with Crippen molar-refractivity contribution >= 4 is 45.4 Å². The van der Waals surface area contributed by atoms with Crippen LogP contribution < -0.4 is 5.73 Å². The number of nitrogens with zero attached hydrogens (tertiary/aromatic N) is 2. The minimum atomic E-state index is -0.155. The summed E-state index contributed by atoms with van der Waals surface area (Å²) in [5, 5.41) is 0. The Morgan fingerprint density at radius 1 is 0.542 bits per heavy atom. The number of amides is 2. The second-order valence-electron chi connectivity index (χ2n) is 15.0. The number of unbranched alkanes of at least 4 members (excludes halogenated alkanes) is 6. The molecule has 0 spiro atoms. The molecule has 10 heteroatoms. The molecule has 0 aromatic heterocycles. The van der Waals surface area contributed by atoms with E-state index in [1.165, 1.54) is 36.5 Å². The highest BCUT2D eigenvalue weighted by atomic mass is 79.9. The van der Waals surface area contributed by atoms with Crippen LogP contribution >= 0.6 is 15.9 Å². The number of anilines is 1. The highest BCUT2D eigenvalue weighted by Crippen LogP contribution is 2.19. The number of nitrogen functional groups attached to an aromatic ring is 1. The number of carbonyl (C=O) groups is 4. The van der Waals surface area contributed by atoms with Gasteiger partial charge in [-0.1, -0.05) is 90.1 Å². The van der Waals surface area contributed by atoms with Gasteiger partial charge in [0, 0.05) is 61.3 Å². The molecule has 0 unspecified atom stereocenters. The fourth-order valence-electron chi connectivity index (χ4n) is 6.31. The van der Waals surface area contributed by atoms with Crippen LogP contribution in [-0.4, -0.2) is 75.0 Å². The highest BCUT2D eigenvalue weighted by molar-refractivity contribution is 9.10. The Bertz CT molecular complexity index is 1850. The van der Waals surface area contributed by atoms with Gasteiger partial charge in [-0.15, -0.1) is 0 Å². The monoisotopic (exact) mass is 871 g/mol. The minimum Gasteiger partial charge on any atom is -0.469 e.